The highest BCUT2D eigenvalue weighted by atomic mass is 32.2. The lowest BCUT2D eigenvalue weighted by Crippen LogP contribution is -2.31. The van der Waals surface area contributed by atoms with E-state index in [4.69, 9.17) is 43.7 Å². The number of carboxylic acids is 2. The molecule has 2 aliphatic heterocycles. The van der Waals surface area contributed by atoms with Crippen LogP contribution in [-0.2, 0) is 68.8 Å². The number of benzene rings is 2. The summed E-state index contributed by atoms with van der Waals surface area (Å²) >= 11 is 5.72. The molecule has 2 aromatic carbocycles. The Kier molecular flexibility index (Phi) is 17.5. The Hall–Kier alpha value is -4.21. The van der Waals surface area contributed by atoms with E-state index in [1.54, 1.807) is 30.3 Å². The molecule has 0 amide bonds. The molecular formula is C34H34O16S4. The van der Waals surface area contributed by atoms with Crippen LogP contribution in [0.1, 0.15) is 15.9 Å². The first kappa shape index (κ1) is 42.5. The van der Waals surface area contributed by atoms with Gasteiger partial charge >= 0.3 is 41.8 Å². The maximum Gasteiger partial charge on any atom is 0.338 e. The Balaban J connectivity index is 1.29. The number of fused-ring (bicyclic) bond motifs is 1. The Labute approximate surface area is 324 Å². The fourth-order valence-corrected chi connectivity index (χ4v) is 9.53. The lowest BCUT2D eigenvalue weighted by molar-refractivity contribution is -0.315. The molecule has 2 aromatic rings. The van der Waals surface area contributed by atoms with Crippen LogP contribution >= 0.6 is 47.0 Å². The zero-order valence-corrected chi connectivity index (χ0v) is 31.5. The van der Waals surface area contributed by atoms with Crippen LogP contribution in [0.3, 0.4) is 0 Å². The zero-order valence-electron chi connectivity index (χ0n) is 28.2. The third kappa shape index (κ3) is 14.9. The van der Waals surface area contributed by atoms with Crippen LogP contribution in [0.4, 0.5) is 0 Å². The van der Waals surface area contributed by atoms with E-state index in [0.717, 1.165) is 34.5 Å². The predicted octanol–water partition coefficient (Wildman–Crippen LogP) is 3.25. The summed E-state index contributed by atoms with van der Waals surface area (Å²) in [6.07, 6.45) is 0.305. The predicted molar refractivity (Wildman–Crippen MR) is 198 cm³/mol. The zero-order chi connectivity index (χ0) is 38.9. The molecule has 2 atom stereocenters. The van der Waals surface area contributed by atoms with Crippen molar-refractivity contribution in [2.24, 2.45) is 0 Å². The van der Waals surface area contributed by atoms with E-state index in [9.17, 15) is 33.6 Å². The Morgan fingerprint density at radius 2 is 1.09 bits per heavy atom. The van der Waals surface area contributed by atoms with Gasteiger partial charge in [0.05, 0.1) is 5.56 Å². The van der Waals surface area contributed by atoms with Crippen molar-refractivity contribution in [1.29, 1.82) is 0 Å². The van der Waals surface area contributed by atoms with Gasteiger partial charge in [-0.2, -0.15) is 0 Å². The molecule has 20 heteroatoms. The van der Waals surface area contributed by atoms with Gasteiger partial charge in [0.15, 0.2) is 12.2 Å². The molecule has 0 spiro atoms. The largest absolute Gasteiger partial charge is 0.478 e. The fourth-order valence-electron chi connectivity index (χ4n) is 4.39. The summed E-state index contributed by atoms with van der Waals surface area (Å²) in [5.41, 5.74) is 0.842. The number of rotatable bonds is 20. The molecule has 290 valence electrons. The minimum atomic E-state index is -1.37. The van der Waals surface area contributed by atoms with Crippen LogP contribution in [0.25, 0.3) is 10.8 Å². The van der Waals surface area contributed by atoms with Crippen LogP contribution in [0.15, 0.2) is 60.7 Å². The van der Waals surface area contributed by atoms with Crippen molar-refractivity contribution in [3.8, 4) is 0 Å². The second kappa shape index (κ2) is 22.2. The SMILES string of the molecule is O=C(O)C=CC(=O)OC(COOCc1ccc2cc(C(=O)OCC(COC(=O)C3SCCS3)OC(=O)C=CC(=O)O)ccc2c1)COC(=O)C1SCCS1. The molecule has 0 saturated carbocycles. The smallest absolute Gasteiger partial charge is 0.338 e. The maximum absolute atomic E-state index is 12.9. The molecule has 0 radical (unpaired) electrons. The summed E-state index contributed by atoms with van der Waals surface area (Å²) in [7, 11) is 0. The number of hydrogen-bond donors (Lipinski definition) is 2. The molecule has 16 nitrogen and oxygen atoms in total. The average molecular weight is 827 g/mol. The molecule has 2 fully saturated rings. The lowest BCUT2D eigenvalue weighted by atomic mass is 10.0. The summed E-state index contributed by atoms with van der Waals surface area (Å²) in [6.45, 7) is -1.60. The summed E-state index contributed by atoms with van der Waals surface area (Å²) in [4.78, 5) is 93.7. The van der Waals surface area contributed by atoms with Crippen LogP contribution in [0.5, 0.6) is 0 Å². The molecule has 0 aromatic heterocycles. The molecule has 2 aliphatic rings. The van der Waals surface area contributed by atoms with Gasteiger partial charge in [0.2, 0.25) is 0 Å². The Morgan fingerprint density at radius 1 is 0.611 bits per heavy atom. The summed E-state index contributed by atoms with van der Waals surface area (Å²) in [5, 5.41) is 18.9. The highest BCUT2D eigenvalue weighted by Gasteiger charge is 2.29. The van der Waals surface area contributed by atoms with E-state index >= 15 is 0 Å². The van der Waals surface area contributed by atoms with Gasteiger partial charge in [0.1, 0.15) is 42.2 Å². The van der Waals surface area contributed by atoms with Gasteiger partial charge in [0, 0.05) is 47.3 Å². The minimum absolute atomic E-state index is 0.0427. The van der Waals surface area contributed by atoms with E-state index in [1.165, 1.54) is 53.1 Å². The molecule has 0 bridgehead atoms. The molecule has 4 rings (SSSR count). The highest BCUT2D eigenvalue weighted by Crippen LogP contribution is 2.33. The van der Waals surface area contributed by atoms with Crippen molar-refractivity contribution < 1.29 is 77.2 Å². The van der Waals surface area contributed by atoms with Crippen molar-refractivity contribution >= 4 is 99.6 Å². The van der Waals surface area contributed by atoms with Gasteiger partial charge in [-0.1, -0.05) is 18.2 Å². The maximum atomic E-state index is 12.9. The number of carbonyl (C=O) groups excluding carboxylic acids is 5. The first-order chi connectivity index (χ1) is 26.0. The molecule has 2 N–H and O–H groups in total. The van der Waals surface area contributed by atoms with Crippen LogP contribution in [0.2, 0.25) is 0 Å². The third-order valence-corrected chi connectivity index (χ3v) is 12.7. The van der Waals surface area contributed by atoms with E-state index < -0.39 is 71.8 Å². The van der Waals surface area contributed by atoms with Gasteiger partial charge in [-0.3, -0.25) is 0 Å². The number of thioether (sulfide) groups is 4. The van der Waals surface area contributed by atoms with E-state index in [-0.39, 0.29) is 30.0 Å². The number of esters is 5. The highest BCUT2D eigenvalue weighted by molar-refractivity contribution is 8.21. The number of hydrogen-bond acceptors (Lipinski definition) is 18. The first-order valence-electron chi connectivity index (χ1n) is 15.9. The normalized spacial score (nSPS) is 15.9. The first-order valence-corrected chi connectivity index (χ1v) is 20.1. The van der Waals surface area contributed by atoms with Gasteiger partial charge in [0.25, 0.3) is 0 Å². The second-order valence-electron chi connectivity index (χ2n) is 10.9. The summed E-state index contributed by atoms with van der Waals surface area (Å²) in [5.74, 6) is -3.28. The van der Waals surface area contributed by atoms with Crippen LogP contribution in [0, 0.1) is 0 Å². The van der Waals surface area contributed by atoms with Crippen molar-refractivity contribution in [2.45, 2.75) is 28.0 Å². The van der Waals surface area contributed by atoms with Gasteiger partial charge in [-0.25, -0.2) is 43.3 Å². The monoisotopic (exact) mass is 826 g/mol. The molecule has 2 unspecified atom stereocenters. The van der Waals surface area contributed by atoms with E-state index in [1.807, 2.05) is 0 Å². The number of ether oxygens (including phenoxy) is 5. The fraction of sp³-hybridized carbons (Fsp3) is 0.382. The van der Waals surface area contributed by atoms with Crippen LogP contribution < -0.4 is 0 Å². The van der Waals surface area contributed by atoms with Crippen LogP contribution in [-0.4, -0.2) is 123 Å². The number of carboxylic acid groups (broad SMARTS) is 2. The minimum Gasteiger partial charge on any atom is -0.478 e. The van der Waals surface area contributed by atoms with E-state index in [0.29, 0.717) is 29.2 Å². The van der Waals surface area contributed by atoms with Crippen molar-refractivity contribution in [3.63, 3.8) is 0 Å². The van der Waals surface area contributed by atoms with E-state index in [2.05, 4.69) is 0 Å². The summed E-state index contributed by atoms with van der Waals surface area (Å²) in [6, 6.07) is 9.96. The molecule has 54 heavy (non-hydrogen) atoms. The van der Waals surface area contributed by atoms with Gasteiger partial charge in [-0.05, 0) is 34.5 Å². The van der Waals surface area contributed by atoms with Gasteiger partial charge in [-0.15, -0.1) is 47.0 Å². The topological polar surface area (TPSA) is 225 Å². The lowest BCUT2D eigenvalue weighted by Gasteiger charge is -2.18. The Bertz CT molecular complexity index is 1740. The van der Waals surface area contributed by atoms with Gasteiger partial charge < -0.3 is 33.9 Å². The average Bonchev–Trinajstić information content (AvgIpc) is 3.90. The summed E-state index contributed by atoms with van der Waals surface area (Å²) < 4.78 is 25.4. The quantitative estimate of drug-likeness (QED) is 0.0488. The number of carbonyl (C=O) groups is 7. The molecule has 2 saturated heterocycles. The molecular weight excluding hydrogens is 793 g/mol. The number of aliphatic carboxylic acids is 2. The molecule has 0 aliphatic carbocycles. The molecule has 2 heterocycles. The van der Waals surface area contributed by atoms with Crippen molar-refractivity contribution in [3.05, 3.63) is 71.8 Å². The third-order valence-electron chi connectivity index (χ3n) is 6.84. The standard InChI is InChI=1S/C34H34O16S4/c35-26(36)5-7-28(39)49-24(17-45-31(42)33-51-9-10-52-33)16-44-30(41)23-4-3-21-13-20(1-2-22(21)14-23)15-47-48-19-25(50-29(40)8-6-27(37)38)18-46-32(43)34-53-11-12-54-34/h1-8,13-14,24-25,33-34H,9-12,15-19H2,(H,35,36)(H,37,38). The van der Waals surface area contributed by atoms with Crippen molar-refractivity contribution in [1.82, 2.24) is 0 Å². The second-order valence-corrected chi connectivity index (χ2v) is 16.4. The van der Waals surface area contributed by atoms with Crippen molar-refractivity contribution in [2.75, 3.05) is 49.4 Å². The Morgan fingerprint density at radius 3 is 1.63 bits per heavy atom.